The molecule has 84 valence electrons. The van der Waals surface area contributed by atoms with E-state index in [1.165, 1.54) is 0 Å². The minimum atomic E-state index is -0.767. The molecule has 2 N–H and O–H groups in total. The largest absolute Gasteiger partial charge is 0.394 e. The van der Waals surface area contributed by atoms with Crippen molar-refractivity contribution in [3.8, 4) is 0 Å². The van der Waals surface area contributed by atoms with Crippen LogP contribution in [0.15, 0.2) is 0 Å². The Morgan fingerprint density at radius 2 is 2.07 bits per heavy atom. The summed E-state index contributed by atoms with van der Waals surface area (Å²) in [7, 11) is 0. The molecule has 3 nitrogen and oxygen atoms in total. The van der Waals surface area contributed by atoms with Crippen molar-refractivity contribution in [2.24, 2.45) is 5.41 Å². The number of unbranched alkanes of at least 4 members (excludes halogenated alkanes) is 1. The van der Waals surface area contributed by atoms with Gasteiger partial charge in [-0.15, -0.1) is 0 Å². The molecule has 3 heteroatoms. The van der Waals surface area contributed by atoms with Crippen LogP contribution in [0.4, 0.5) is 0 Å². The van der Waals surface area contributed by atoms with Gasteiger partial charge in [0.15, 0.2) is 0 Å². The molecule has 0 aliphatic heterocycles. The third kappa shape index (κ3) is 4.20. The molecule has 0 aromatic rings. The SMILES string of the molecule is CCCCC(C=O)(CC)CC(O)CO. The highest BCUT2D eigenvalue weighted by Gasteiger charge is 2.29. The molecule has 0 radical (unpaired) electrons. The first kappa shape index (κ1) is 13.6. The van der Waals surface area contributed by atoms with E-state index in [4.69, 9.17) is 5.11 Å². The Morgan fingerprint density at radius 1 is 1.43 bits per heavy atom. The summed E-state index contributed by atoms with van der Waals surface area (Å²) in [6.45, 7) is 3.77. The average Bonchev–Trinajstić information content (AvgIpc) is 2.24. The molecule has 0 heterocycles. The van der Waals surface area contributed by atoms with Crippen LogP contribution in [0.1, 0.15) is 46.0 Å². The van der Waals surface area contributed by atoms with Gasteiger partial charge >= 0.3 is 0 Å². The fourth-order valence-electron chi connectivity index (χ4n) is 1.68. The van der Waals surface area contributed by atoms with Crippen LogP contribution in [0.25, 0.3) is 0 Å². The van der Waals surface area contributed by atoms with Gasteiger partial charge in [-0.2, -0.15) is 0 Å². The van der Waals surface area contributed by atoms with Gasteiger partial charge in [0, 0.05) is 5.41 Å². The van der Waals surface area contributed by atoms with Crippen molar-refractivity contribution in [2.75, 3.05) is 6.61 Å². The second-order valence-electron chi connectivity index (χ2n) is 3.98. The maximum atomic E-state index is 11.0. The fraction of sp³-hybridized carbons (Fsp3) is 0.909. The Bertz CT molecular complexity index is 159. The molecule has 0 bridgehead atoms. The second-order valence-corrected chi connectivity index (χ2v) is 3.98. The van der Waals surface area contributed by atoms with Gasteiger partial charge in [0.25, 0.3) is 0 Å². The molecule has 0 aromatic heterocycles. The van der Waals surface area contributed by atoms with E-state index < -0.39 is 11.5 Å². The number of aliphatic hydroxyl groups excluding tert-OH is 2. The Hall–Kier alpha value is -0.410. The van der Waals surface area contributed by atoms with Crippen LogP contribution >= 0.6 is 0 Å². The third-order valence-corrected chi connectivity index (χ3v) is 2.84. The summed E-state index contributed by atoms with van der Waals surface area (Å²) >= 11 is 0. The summed E-state index contributed by atoms with van der Waals surface area (Å²) in [6, 6.07) is 0. The van der Waals surface area contributed by atoms with E-state index in [9.17, 15) is 9.90 Å². The molecular weight excluding hydrogens is 180 g/mol. The van der Waals surface area contributed by atoms with Gasteiger partial charge in [0.1, 0.15) is 6.29 Å². The van der Waals surface area contributed by atoms with Crippen molar-refractivity contribution in [3.05, 3.63) is 0 Å². The molecule has 0 saturated carbocycles. The minimum absolute atomic E-state index is 0.262. The van der Waals surface area contributed by atoms with E-state index >= 15 is 0 Å². The van der Waals surface area contributed by atoms with Crippen LogP contribution in [0.3, 0.4) is 0 Å². The van der Waals surface area contributed by atoms with E-state index in [0.29, 0.717) is 6.42 Å². The van der Waals surface area contributed by atoms with Crippen molar-refractivity contribution in [3.63, 3.8) is 0 Å². The van der Waals surface area contributed by atoms with E-state index in [2.05, 4.69) is 6.92 Å². The van der Waals surface area contributed by atoms with Gasteiger partial charge in [-0.05, 0) is 19.3 Å². The molecule has 0 saturated heterocycles. The van der Waals surface area contributed by atoms with Crippen LogP contribution in [0.5, 0.6) is 0 Å². The van der Waals surface area contributed by atoms with E-state index in [1.807, 2.05) is 6.92 Å². The summed E-state index contributed by atoms with van der Waals surface area (Å²) in [4.78, 5) is 11.0. The molecule has 0 aliphatic rings. The predicted octanol–water partition coefficient (Wildman–Crippen LogP) is 1.52. The summed E-state index contributed by atoms with van der Waals surface area (Å²) in [6.07, 6.45) is 4.13. The molecule has 0 aromatic carbocycles. The molecule has 0 aliphatic carbocycles. The highest BCUT2D eigenvalue weighted by Crippen LogP contribution is 2.31. The lowest BCUT2D eigenvalue weighted by Crippen LogP contribution is -2.29. The monoisotopic (exact) mass is 202 g/mol. The topological polar surface area (TPSA) is 57.5 Å². The first-order chi connectivity index (χ1) is 6.64. The molecule has 0 spiro atoms. The lowest BCUT2D eigenvalue weighted by Gasteiger charge is -2.28. The first-order valence-electron chi connectivity index (χ1n) is 5.39. The Balaban J connectivity index is 4.28. The van der Waals surface area contributed by atoms with Gasteiger partial charge < -0.3 is 15.0 Å². The van der Waals surface area contributed by atoms with Crippen molar-refractivity contribution in [2.45, 2.75) is 52.1 Å². The van der Waals surface area contributed by atoms with Crippen LogP contribution < -0.4 is 0 Å². The molecule has 0 rings (SSSR count). The minimum Gasteiger partial charge on any atom is -0.394 e. The fourth-order valence-corrected chi connectivity index (χ4v) is 1.68. The van der Waals surface area contributed by atoms with Crippen molar-refractivity contribution in [1.29, 1.82) is 0 Å². The Morgan fingerprint density at radius 3 is 2.43 bits per heavy atom. The second kappa shape index (κ2) is 6.96. The van der Waals surface area contributed by atoms with Crippen molar-refractivity contribution < 1.29 is 15.0 Å². The highest BCUT2D eigenvalue weighted by atomic mass is 16.3. The number of aldehydes is 1. The standard InChI is InChI=1S/C11H22O3/c1-3-5-6-11(4-2,9-13)7-10(14)8-12/h9-10,12,14H,3-8H2,1-2H3. The van der Waals surface area contributed by atoms with Gasteiger partial charge in [-0.25, -0.2) is 0 Å². The lowest BCUT2D eigenvalue weighted by atomic mass is 9.77. The van der Waals surface area contributed by atoms with E-state index in [-0.39, 0.29) is 6.61 Å². The molecule has 2 unspecified atom stereocenters. The lowest BCUT2D eigenvalue weighted by molar-refractivity contribution is -0.119. The number of aliphatic hydroxyl groups is 2. The van der Waals surface area contributed by atoms with Gasteiger partial charge in [0.2, 0.25) is 0 Å². The van der Waals surface area contributed by atoms with Crippen LogP contribution in [0, 0.1) is 5.41 Å². The predicted molar refractivity (Wildman–Crippen MR) is 56.0 cm³/mol. The maximum absolute atomic E-state index is 11.0. The summed E-state index contributed by atoms with van der Waals surface area (Å²) < 4.78 is 0. The number of rotatable bonds is 8. The van der Waals surface area contributed by atoms with Crippen molar-refractivity contribution in [1.82, 2.24) is 0 Å². The molecule has 0 amide bonds. The number of hydrogen-bond acceptors (Lipinski definition) is 3. The van der Waals surface area contributed by atoms with Gasteiger partial charge in [-0.1, -0.05) is 26.7 Å². The number of carbonyl (C=O) groups is 1. The zero-order valence-corrected chi connectivity index (χ0v) is 9.20. The molecule has 0 fully saturated rings. The molecule has 2 atom stereocenters. The maximum Gasteiger partial charge on any atom is 0.126 e. The average molecular weight is 202 g/mol. The summed E-state index contributed by atoms with van der Waals surface area (Å²) in [5, 5.41) is 18.1. The Kier molecular flexibility index (Phi) is 6.75. The van der Waals surface area contributed by atoms with Crippen LogP contribution in [-0.2, 0) is 4.79 Å². The molecular formula is C11H22O3. The zero-order valence-electron chi connectivity index (χ0n) is 9.20. The normalized spacial score (nSPS) is 17.4. The van der Waals surface area contributed by atoms with E-state index in [0.717, 1.165) is 32.0 Å². The third-order valence-electron chi connectivity index (χ3n) is 2.84. The quantitative estimate of drug-likeness (QED) is 0.587. The van der Waals surface area contributed by atoms with E-state index in [1.54, 1.807) is 0 Å². The Labute approximate surface area is 86.1 Å². The zero-order chi connectivity index (χ0) is 11.0. The van der Waals surface area contributed by atoms with Crippen molar-refractivity contribution >= 4 is 6.29 Å². The number of carbonyl (C=O) groups excluding carboxylic acids is 1. The summed E-state index contributed by atoms with van der Waals surface area (Å²) in [5.74, 6) is 0. The van der Waals surface area contributed by atoms with Crippen LogP contribution in [0.2, 0.25) is 0 Å². The summed E-state index contributed by atoms with van der Waals surface area (Å²) in [5.41, 5.74) is -0.432. The van der Waals surface area contributed by atoms with Crippen LogP contribution in [-0.4, -0.2) is 29.2 Å². The van der Waals surface area contributed by atoms with Gasteiger partial charge in [-0.3, -0.25) is 0 Å². The smallest absolute Gasteiger partial charge is 0.126 e. The highest BCUT2D eigenvalue weighted by molar-refractivity contribution is 5.59. The van der Waals surface area contributed by atoms with Gasteiger partial charge in [0.05, 0.1) is 12.7 Å². The molecule has 14 heavy (non-hydrogen) atoms. The first-order valence-corrected chi connectivity index (χ1v) is 5.39. The number of hydrogen-bond donors (Lipinski definition) is 2.